The molecule has 0 radical (unpaired) electrons. The van der Waals surface area contributed by atoms with Crippen LogP contribution in [0.4, 0.5) is 0 Å². The van der Waals surface area contributed by atoms with Gasteiger partial charge in [-0.2, -0.15) is 5.10 Å². The molecule has 0 fully saturated rings. The fourth-order valence-corrected chi connectivity index (χ4v) is 2.41. The lowest BCUT2D eigenvalue weighted by Gasteiger charge is -2.11. The summed E-state index contributed by atoms with van der Waals surface area (Å²) in [7, 11) is 1.77. The third-order valence-electron chi connectivity index (χ3n) is 3.70. The first-order chi connectivity index (χ1) is 12.3. The first-order valence-electron chi connectivity index (χ1n) is 8.29. The molecule has 7 nitrogen and oxygen atoms in total. The minimum Gasteiger partial charge on any atom is -0.461 e. The van der Waals surface area contributed by atoms with Crippen LogP contribution in [0.3, 0.4) is 0 Å². The van der Waals surface area contributed by atoms with Crippen molar-refractivity contribution in [2.45, 2.75) is 12.8 Å². The number of benzene rings is 1. The summed E-state index contributed by atoms with van der Waals surface area (Å²) in [6.45, 7) is 1.53. The minimum absolute atomic E-state index is 0.574. The molecular weight excluding hydrogens is 316 g/mol. The number of hydrogen-bond acceptors (Lipinski definition) is 4. The molecule has 0 atom stereocenters. The fraction of sp³-hybridized carbons (Fsp3) is 0.278. The molecule has 3 aromatic rings. The van der Waals surface area contributed by atoms with Gasteiger partial charge in [0.2, 0.25) is 5.82 Å². The Labute approximate surface area is 146 Å². The van der Waals surface area contributed by atoms with Crippen LogP contribution in [-0.2, 0) is 12.8 Å². The SMILES string of the molecule is CN=C(NCCc1ccccc1)NCCc1nc(-c2ccco2)n[nH]1. The number of hydrogen-bond donors (Lipinski definition) is 3. The van der Waals surface area contributed by atoms with Gasteiger partial charge in [-0.25, -0.2) is 4.98 Å². The molecule has 3 N–H and O–H groups in total. The first-order valence-corrected chi connectivity index (χ1v) is 8.29. The van der Waals surface area contributed by atoms with Crippen molar-refractivity contribution in [1.82, 2.24) is 25.8 Å². The largest absolute Gasteiger partial charge is 0.461 e. The van der Waals surface area contributed by atoms with Gasteiger partial charge in [0.25, 0.3) is 0 Å². The lowest BCUT2D eigenvalue weighted by atomic mass is 10.1. The summed E-state index contributed by atoms with van der Waals surface area (Å²) in [6.07, 6.45) is 3.28. The summed E-state index contributed by atoms with van der Waals surface area (Å²) in [5.74, 6) is 2.82. The maximum Gasteiger partial charge on any atom is 0.216 e. The van der Waals surface area contributed by atoms with Gasteiger partial charge in [0.05, 0.1) is 6.26 Å². The number of furan rings is 1. The van der Waals surface area contributed by atoms with Crippen LogP contribution in [0.2, 0.25) is 0 Å². The maximum atomic E-state index is 5.28. The van der Waals surface area contributed by atoms with E-state index in [0.29, 0.717) is 24.6 Å². The van der Waals surface area contributed by atoms with Crippen LogP contribution in [0.1, 0.15) is 11.4 Å². The van der Waals surface area contributed by atoms with Gasteiger partial charge < -0.3 is 15.1 Å². The smallest absolute Gasteiger partial charge is 0.216 e. The molecule has 0 spiro atoms. The number of aliphatic imine (C=N–C) groups is 1. The monoisotopic (exact) mass is 338 g/mol. The average Bonchev–Trinajstić information content (AvgIpc) is 3.33. The van der Waals surface area contributed by atoms with Crippen molar-refractivity contribution in [2.75, 3.05) is 20.1 Å². The van der Waals surface area contributed by atoms with E-state index < -0.39 is 0 Å². The van der Waals surface area contributed by atoms with Crippen LogP contribution in [0, 0.1) is 0 Å². The van der Waals surface area contributed by atoms with E-state index in [4.69, 9.17) is 4.42 Å². The molecule has 0 aliphatic rings. The summed E-state index contributed by atoms with van der Waals surface area (Å²) in [5.41, 5.74) is 1.30. The zero-order valence-electron chi connectivity index (χ0n) is 14.2. The number of guanidine groups is 1. The van der Waals surface area contributed by atoms with Crippen molar-refractivity contribution in [1.29, 1.82) is 0 Å². The van der Waals surface area contributed by atoms with Crippen LogP contribution >= 0.6 is 0 Å². The second-order valence-electron chi connectivity index (χ2n) is 5.49. The number of nitrogens with zero attached hydrogens (tertiary/aromatic N) is 3. The summed E-state index contributed by atoms with van der Waals surface area (Å²) < 4.78 is 5.28. The highest BCUT2D eigenvalue weighted by Gasteiger charge is 2.08. The van der Waals surface area contributed by atoms with Crippen LogP contribution in [-0.4, -0.2) is 41.3 Å². The molecule has 0 saturated carbocycles. The third kappa shape index (κ3) is 4.94. The van der Waals surface area contributed by atoms with Crippen molar-refractivity contribution < 1.29 is 4.42 Å². The Bertz CT molecular complexity index is 779. The zero-order valence-corrected chi connectivity index (χ0v) is 14.2. The van der Waals surface area contributed by atoms with E-state index in [1.54, 1.807) is 13.3 Å². The van der Waals surface area contributed by atoms with E-state index in [1.165, 1.54) is 5.56 Å². The van der Waals surface area contributed by atoms with Crippen molar-refractivity contribution >= 4 is 5.96 Å². The van der Waals surface area contributed by atoms with Crippen LogP contribution < -0.4 is 10.6 Å². The number of aromatic nitrogens is 3. The Hall–Kier alpha value is -3.09. The van der Waals surface area contributed by atoms with E-state index in [2.05, 4.69) is 55.1 Å². The fourth-order valence-electron chi connectivity index (χ4n) is 2.41. The molecule has 0 amide bonds. The molecule has 0 aliphatic heterocycles. The summed E-state index contributed by atoms with van der Waals surface area (Å²) in [4.78, 5) is 8.65. The Morgan fingerprint density at radius 3 is 2.60 bits per heavy atom. The Balaban J connectivity index is 1.40. The molecule has 1 aromatic carbocycles. The van der Waals surface area contributed by atoms with Crippen molar-refractivity contribution in [3.8, 4) is 11.6 Å². The molecule has 25 heavy (non-hydrogen) atoms. The molecule has 0 aliphatic carbocycles. The van der Waals surface area contributed by atoms with E-state index in [-0.39, 0.29) is 0 Å². The Morgan fingerprint density at radius 2 is 1.88 bits per heavy atom. The highest BCUT2D eigenvalue weighted by molar-refractivity contribution is 5.79. The quantitative estimate of drug-likeness (QED) is 0.453. The second kappa shape index (κ2) is 8.68. The molecule has 2 heterocycles. The maximum absolute atomic E-state index is 5.28. The normalized spacial score (nSPS) is 11.5. The zero-order chi connectivity index (χ0) is 17.3. The molecule has 130 valence electrons. The van der Waals surface area contributed by atoms with E-state index in [9.17, 15) is 0 Å². The van der Waals surface area contributed by atoms with Crippen LogP contribution in [0.5, 0.6) is 0 Å². The summed E-state index contributed by atoms with van der Waals surface area (Å²) in [5, 5.41) is 13.7. The van der Waals surface area contributed by atoms with Crippen molar-refractivity contribution in [2.24, 2.45) is 4.99 Å². The molecule has 0 bridgehead atoms. The number of rotatable bonds is 7. The van der Waals surface area contributed by atoms with Gasteiger partial charge in [-0.3, -0.25) is 10.1 Å². The highest BCUT2D eigenvalue weighted by atomic mass is 16.3. The molecule has 0 saturated heterocycles. The minimum atomic E-state index is 0.574. The van der Waals surface area contributed by atoms with Gasteiger partial charge in [-0.1, -0.05) is 30.3 Å². The van der Waals surface area contributed by atoms with E-state index >= 15 is 0 Å². The molecule has 7 heteroatoms. The number of nitrogens with one attached hydrogen (secondary N) is 3. The first kappa shape index (κ1) is 16.8. The number of aromatic amines is 1. The lowest BCUT2D eigenvalue weighted by molar-refractivity contribution is 0.577. The predicted molar refractivity (Wildman–Crippen MR) is 97.3 cm³/mol. The van der Waals surface area contributed by atoms with Crippen LogP contribution in [0.25, 0.3) is 11.6 Å². The van der Waals surface area contributed by atoms with Gasteiger partial charge in [0, 0.05) is 26.6 Å². The number of H-pyrrole nitrogens is 1. The molecule has 2 aromatic heterocycles. The lowest BCUT2D eigenvalue weighted by Crippen LogP contribution is -2.39. The molecule has 3 rings (SSSR count). The molecule has 0 unspecified atom stereocenters. The Morgan fingerprint density at radius 1 is 1.08 bits per heavy atom. The van der Waals surface area contributed by atoms with E-state index in [0.717, 1.165) is 24.7 Å². The summed E-state index contributed by atoms with van der Waals surface area (Å²) >= 11 is 0. The predicted octanol–water partition coefficient (Wildman–Crippen LogP) is 2.01. The average molecular weight is 338 g/mol. The topological polar surface area (TPSA) is 91.1 Å². The summed E-state index contributed by atoms with van der Waals surface area (Å²) in [6, 6.07) is 14.0. The second-order valence-corrected chi connectivity index (χ2v) is 5.49. The van der Waals surface area contributed by atoms with Crippen molar-refractivity contribution in [3.05, 3.63) is 60.1 Å². The van der Waals surface area contributed by atoms with Crippen molar-refractivity contribution in [3.63, 3.8) is 0 Å². The Kier molecular flexibility index (Phi) is 5.82. The van der Waals surface area contributed by atoms with Crippen LogP contribution in [0.15, 0.2) is 58.1 Å². The van der Waals surface area contributed by atoms with Gasteiger partial charge in [-0.05, 0) is 24.1 Å². The van der Waals surface area contributed by atoms with Gasteiger partial charge in [0.15, 0.2) is 11.7 Å². The third-order valence-corrected chi connectivity index (χ3v) is 3.70. The standard InChI is InChI=1S/C18H22N6O/c1-19-18(20-11-9-14-6-3-2-4-7-14)21-12-10-16-22-17(24-23-16)15-8-5-13-25-15/h2-8,13H,9-12H2,1H3,(H2,19,20,21)(H,22,23,24). The van der Waals surface area contributed by atoms with Gasteiger partial charge in [-0.15, -0.1) is 0 Å². The highest BCUT2D eigenvalue weighted by Crippen LogP contribution is 2.14. The molecular formula is C18H22N6O. The van der Waals surface area contributed by atoms with Gasteiger partial charge in [0.1, 0.15) is 5.82 Å². The van der Waals surface area contributed by atoms with Gasteiger partial charge >= 0.3 is 0 Å². The van der Waals surface area contributed by atoms with E-state index in [1.807, 2.05) is 18.2 Å².